The maximum absolute atomic E-state index is 14.6. The van der Waals surface area contributed by atoms with Gasteiger partial charge in [-0.15, -0.1) is 0 Å². The van der Waals surface area contributed by atoms with Crippen LogP contribution in [-0.2, 0) is 27.1 Å². The van der Waals surface area contributed by atoms with E-state index in [1.54, 1.807) is 0 Å². The van der Waals surface area contributed by atoms with Crippen LogP contribution in [0, 0.1) is 6.92 Å². The number of hydrogen-bond donors (Lipinski definition) is 1. The third kappa shape index (κ3) is 7.70. The number of aryl methyl sites for hydroxylation is 1. The minimum absolute atomic E-state index is 0.0188. The van der Waals surface area contributed by atoms with Crippen molar-refractivity contribution in [3.63, 3.8) is 0 Å². The van der Waals surface area contributed by atoms with Gasteiger partial charge < -0.3 is 38.3 Å². The molecule has 2 aliphatic rings. The lowest BCUT2D eigenvalue weighted by atomic mass is 9.95. The van der Waals surface area contributed by atoms with Crippen molar-refractivity contribution < 1.29 is 63.8 Å². The Morgan fingerprint density at radius 2 is 1.80 bits per heavy atom. The summed E-state index contributed by atoms with van der Waals surface area (Å²) in [6.07, 6.45) is -10.9. The number of anilines is 1. The highest BCUT2D eigenvalue weighted by Gasteiger charge is 2.63. The minimum atomic E-state index is -5.35. The SMILES string of the molecule is CCC(=O)NCCN1C(=O)[C@](C)(C(F)(F)F)Oc2cc(C(F)(F)F)c(C(=O)N(C(C)C)[C@@H]3CCCN(C(=O)OCc4oc(=O)oc4C)C3)cc21. The molecular formula is C31H36F6N4O9. The molecule has 4 amide bonds. The molecule has 13 nitrogen and oxygen atoms in total. The summed E-state index contributed by atoms with van der Waals surface area (Å²) in [6, 6.07) is -0.645. The molecule has 2 aromatic rings. The van der Waals surface area contributed by atoms with Crippen molar-refractivity contribution in [1.29, 1.82) is 0 Å². The molecule has 19 heteroatoms. The Balaban J connectivity index is 1.71. The van der Waals surface area contributed by atoms with Crippen molar-refractivity contribution in [2.45, 2.75) is 90.5 Å². The van der Waals surface area contributed by atoms with E-state index in [2.05, 4.69) is 5.32 Å². The Bertz CT molecular complexity index is 1690. The standard InChI is InChI=1S/C31H36F6N4O9/c1-6-24(42)38-9-11-40-21-12-19(20(30(32,33)34)13-22(21)50-29(5,26(40)44)31(35,36)37)25(43)41(16(2)3)18-8-7-10-39(14-18)27(45)47-15-23-17(4)48-28(46)49-23/h12-13,16,18H,6-11,14-15H2,1-5H3,(H,38,42)/t18-,29-/m1/s1. The van der Waals surface area contributed by atoms with Gasteiger partial charge in [-0.2, -0.15) is 26.3 Å². The first kappa shape index (κ1) is 38.1. The molecule has 2 atom stereocenters. The summed E-state index contributed by atoms with van der Waals surface area (Å²) >= 11 is 0. The number of alkyl halides is 6. The molecular weight excluding hydrogens is 686 g/mol. The van der Waals surface area contributed by atoms with Gasteiger partial charge >= 0.3 is 24.3 Å². The maximum atomic E-state index is 14.6. The number of nitrogens with zero attached hydrogens (tertiary/aromatic N) is 3. The third-order valence-electron chi connectivity index (χ3n) is 8.41. The smallest absolute Gasteiger partial charge is 0.466 e. The van der Waals surface area contributed by atoms with E-state index in [9.17, 15) is 50.3 Å². The second-order valence-corrected chi connectivity index (χ2v) is 12.2. The Kier molecular flexibility index (Phi) is 10.9. The zero-order valence-electron chi connectivity index (χ0n) is 27.7. The van der Waals surface area contributed by atoms with Crippen molar-refractivity contribution in [1.82, 2.24) is 15.1 Å². The van der Waals surface area contributed by atoms with Gasteiger partial charge in [0, 0.05) is 38.6 Å². The van der Waals surface area contributed by atoms with Crippen LogP contribution in [0.1, 0.15) is 74.4 Å². The van der Waals surface area contributed by atoms with E-state index in [1.165, 1.54) is 32.6 Å². The number of ether oxygens (including phenoxy) is 2. The van der Waals surface area contributed by atoms with Gasteiger partial charge in [0.15, 0.2) is 18.1 Å². The summed E-state index contributed by atoms with van der Waals surface area (Å²) in [5, 5.41) is 2.41. The fraction of sp³-hybridized carbons (Fsp3) is 0.581. The van der Waals surface area contributed by atoms with Gasteiger partial charge in [-0.25, -0.2) is 9.59 Å². The van der Waals surface area contributed by atoms with Crippen LogP contribution in [0.25, 0.3) is 0 Å². The zero-order valence-corrected chi connectivity index (χ0v) is 27.7. The summed E-state index contributed by atoms with van der Waals surface area (Å²) in [5.41, 5.74) is -6.68. The Morgan fingerprint density at radius 3 is 2.36 bits per heavy atom. The molecule has 0 spiro atoms. The van der Waals surface area contributed by atoms with Crippen LogP contribution in [0.15, 0.2) is 25.8 Å². The number of piperidine rings is 1. The Labute approximate surface area is 281 Å². The number of halogens is 6. The average Bonchev–Trinajstić information content (AvgIpc) is 3.36. The molecule has 1 aromatic heterocycles. The van der Waals surface area contributed by atoms with E-state index in [-0.39, 0.29) is 50.1 Å². The Morgan fingerprint density at radius 1 is 1.12 bits per heavy atom. The Hall–Kier alpha value is -4.71. The summed E-state index contributed by atoms with van der Waals surface area (Å²) in [4.78, 5) is 66.3. The molecule has 1 saturated heterocycles. The molecule has 2 aliphatic heterocycles. The highest BCUT2D eigenvalue weighted by molar-refractivity contribution is 6.05. The molecule has 0 unspecified atom stereocenters. The van der Waals surface area contributed by atoms with Gasteiger partial charge in [-0.3, -0.25) is 14.4 Å². The molecule has 3 heterocycles. The summed E-state index contributed by atoms with van der Waals surface area (Å²) in [5.74, 6) is -5.18. The van der Waals surface area contributed by atoms with Crippen molar-refractivity contribution >= 4 is 29.5 Å². The summed E-state index contributed by atoms with van der Waals surface area (Å²) in [7, 11) is 0. The molecule has 50 heavy (non-hydrogen) atoms. The highest BCUT2D eigenvalue weighted by atomic mass is 19.4. The second kappa shape index (κ2) is 14.3. The zero-order chi connectivity index (χ0) is 37.3. The molecule has 0 aliphatic carbocycles. The van der Waals surface area contributed by atoms with Gasteiger partial charge in [-0.05, 0) is 52.7 Å². The number of carbonyl (C=O) groups is 4. The number of nitrogens with one attached hydrogen (secondary N) is 1. The largest absolute Gasteiger partial charge is 0.519 e. The first-order valence-electron chi connectivity index (χ1n) is 15.6. The molecule has 276 valence electrons. The highest BCUT2D eigenvalue weighted by Crippen LogP contribution is 2.48. The van der Waals surface area contributed by atoms with E-state index in [0.29, 0.717) is 24.3 Å². The minimum Gasteiger partial charge on any atom is -0.466 e. The molecule has 0 saturated carbocycles. The van der Waals surface area contributed by atoms with E-state index in [1.807, 2.05) is 0 Å². The van der Waals surface area contributed by atoms with Crippen LogP contribution < -0.4 is 20.8 Å². The number of likely N-dealkylation sites (tertiary alicyclic amines) is 1. The van der Waals surface area contributed by atoms with E-state index in [0.717, 1.165) is 4.90 Å². The van der Waals surface area contributed by atoms with Crippen molar-refractivity contribution in [3.8, 4) is 5.75 Å². The van der Waals surface area contributed by atoms with E-state index in [4.69, 9.17) is 18.3 Å². The van der Waals surface area contributed by atoms with Crippen LogP contribution >= 0.6 is 0 Å². The topological polar surface area (TPSA) is 152 Å². The van der Waals surface area contributed by atoms with Crippen LogP contribution in [0.5, 0.6) is 5.75 Å². The van der Waals surface area contributed by atoms with Crippen LogP contribution in [-0.4, -0.2) is 83.7 Å². The van der Waals surface area contributed by atoms with Crippen molar-refractivity contribution in [2.75, 3.05) is 31.1 Å². The van der Waals surface area contributed by atoms with E-state index >= 15 is 0 Å². The van der Waals surface area contributed by atoms with Gasteiger partial charge in [0.05, 0.1) is 22.9 Å². The lowest BCUT2D eigenvalue weighted by Crippen LogP contribution is -2.63. The number of carbonyl (C=O) groups excluding carboxylic acids is 4. The molecule has 0 bridgehead atoms. The van der Waals surface area contributed by atoms with Crippen LogP contribution in [0.2, 0.25) is 0 Å². The average molecular weight is 723 g/mol. The van der Waals surface area contributed by atoms with Crippen molar-refractivity contribution in [2.24, 2.45) is 0 Å². The van der Waals surface area contributed by atoms with Gasteiger partial charge in [0.25, 0.3) is 17.4 Å². The molecule has 1 N–H and O–H groups in total. The van der Waals surface area contributed by atoms with Crippen LogP contribution in [0.4, 0.5) is 36.8 Å². The fourth-order valence-corrected chi connectivity index (χ4v) is 5.77. The predicted octanol–water partition coefficient (Wildman–Crippen LogP) is 4.78. The summed E-state index contributed by atoms with van der Waals surface area (Å²) in [6.45, 7) is 5.04. The van der Waals surface area contributed by atoms with Gasteiger partial charge in [0.2, 0.25) is 5.91 Å². The number of rotatable bonds is 9. The first-order valence-corrected chi connectivity index (χ1v) is 15.6. The monoisotopic (exact) mass is 722 g/mol. The van der Waals surface area contributed by atoms with Crippen molar-refractivity contribution in [3.05, 3.63) is 45.4 Å². The fourth-order valence-electron chi connectivity index (χ4n) is 5.77. The number of amides is 4. The molecule has 1 aromatic carbocycles. The van der Waals surface area contributed by atoms with E-state index < -0.39 is 95.4 Å². The first-order chi connectivity index (χ1) is 23.2. The summed E-state index contributed by atoms with van der Waals surface area (Å²) < 4.78 is 106. The second-order valence-electron chi connectivity index (χ2n) is 12.2. The molecule has 0 radical (unpaired) electrons. The predicted molar refractivity (Wildman–Crippen MR) is 160 cm³/mol. The lowest BCUT2D eigenvalue weighted by molar-refractivity contribution is -0.236. The third-order valence-corrected chi connectivity index (χ3v) is 8.41. The lowest BCUT2D eigenvalue weighted by Gasteiger charge is -2.43. The quantitative estimate of drug-likeness (QED) is 0.361. The molecule has 1 fully saturated rings. The maximum Gasteiger partial charge on any atom is 0.519 e. The van der Waals surface area contributed by atoms with Gasteiger partial charge in [0.1, 0.15) is 5.75 Å². The number of benzene rings is 1. The molecule has 4 rings (SSSR count). The number of fused-ring (bicyclic) bond motifs is 1. The van der Waals surface area contributed by atoms with Crippen LogP contribution in [0.3, 0.4) is 0 Å². The number of hydrogen-bond acceptors (Lipinski definition) is 9. The van der Waals surface area contributed by atoms with Gasteiger partial charge in [-0.1, -0.05) is 6.92 Å². The normalized spacial score (nSPS) is 19.6.